The van der Waals surface area contributed by atoms with Crippen LogP contribution in [0, 0.1) is 5.82 Å². The fraction of sp³-hybridized carbons (Fsp3) is 0.400. The number of aliphatic hydroxyl groups is 1. The van der Waals surface area contributed by atoms with Crippen LogP contribution in [0.25, 0.3) is 0 Å². The van der Waals surface area contributed by atoms with E-state index in [2.05, 4.69) is 21.2 Å². The maximum Gasteiger partial charge on any atom is 0.128 e. The van der Waals surface area contributed by atoms with Crippen molar-refractivity contribution in [1.29, 1.82) is 0 Å². The maximum absolute atomic E-state index is 13.3. The third-order valence-corrected chi connectivity index (χ3v) is 2.42. The molecule has 0 aliphatic rings. The topological polar surface area (TPSA) is 32.3 Å². The lowest BCUT2D eigenvalue weighted by Crippen LogP contribution is -2.28. The van der Waals surface area contributed by atoms with E-state index in [9.17, 15) is 4.39 Å². The molecule has 0 radical (unpaired) electrons. The molecule has 0 amide bonds. The summed E-state index contributed by atoms with van der Waals surface area (Å²) in [5.41, 5.74) is 0.605. The molecule has 4 heteroatoms. The number of rotatable bonds is 4. The molecule has 0 saturated carbocycles. The Morgan fingerprint density at radius 1 is 1.57 bits per heavy atom. The van der Waals surface area contributed by atoms with Gasteiger partial charge in [0.25, 0.3) is 0 Å². The highest BCUT2D eigenvalue weighted by atomic mass is 79.9. The molecule has 0 unspecified atom stereocenters. The molecule has 0 bridgehead atoms. The largest absolute Gasteiger partial charge is 0.395 e. The summed E-state index contributed by atoms with van der Waals surface area (Å²) in [6.45, 7) is 2.33. The first-order valence-corrected chi connectivity index (χ1v) is 5.21. The van der Waals surface area contributed by atoms with Crippen LogP contribution < -0.4 is 5.32 Å². The van der Waals surface area contributed by atoms with Crippen LogP contribution in [0.1, 0.15) is 12.5 Å². The summed E-state index contributed by atoms with van der Waals surface area (Å²) in [5, 5.41) is 11.8. The van der Waals surface area contributed by atoms with Gasteiger partial charge in [0.15, 0.2) is 0 Å². The summed E-state index contributed by atoms with van der Waals surface area (Å²) in [6.07, 6.45) is 0. The molecule has 2 nitrogen and oxygen atoms in total. The molecule has 0 aromatic heterocycles. The number of aliphatic hydroxyl groups excluding tert-OH is 1. The standard InChI is InChI=1S/C10H13BrFNO/c1-7(6-14)13-5-8-2-3-9(11)4-10(8)12/h2-4,7,13-14H,5-6H2,1H3/t7-/m0/s1. The molecule has 14 heavy (non-hydrogen) atoms. The zero-order valence-corrected chi connectivity index (χ0v) is 9.51. The van der Waals surface area contributed by atoms with Crippen molar-refractivity contribution in [2.24, 2.45) is 0 Å². The fourth-order valence-corrected chi connectivity index (χ4v) is 1.35. The highest BCUT2D eigenvalue weighted by Crippen LogP contribution is 2.15. The van der Waals surface area contributed by atoms with Crippen molar-refractivity contribution in [2.45, 2.75) is 19.5 Å². The lowest BCUT2D eigenvalue weighted by atomic mass is 10.2. The van der Waals surface area contributed by atoms with Crippen LogP contribution in [0.2, 0.25) is 0 Å². The summed E-state index contributed by atoms with van der Waals surface area (Å²) >= 11 is 3.19. The molecule has 0 fully saturated rings. The van der Waals surface area contributed by atoms with Crippen molar-refractivity contribution in [2.75, 3.05) is 6.61 Å². The summed E-state index contributed by atoms with van der Waals surface area (Å²) in [5.74, 6) is -0.239. The minimum Gasteiger partial charge on any atom is -0.395 e. The van der Waals surface area contributed by atoms with Gasteiger partial charge >= 0.3 is 0 Å². The van der Waals surface area contributed by atoms with Crippen LogP contribution in [-0.4, -0.2) is 17.8 Å². The molecule has 1 aromatic carbocycles. The van der Waals surface area contributed by atoms with Crippen molar-refractivity contribution in [3.8, 4) is 0 Å². The van der Waals surface area contributed by atoms with E-state index in [0.717, 1.165) is 4.47 Å². The Morgan fingerprint density at radius 2 is 2.29 bits per heavy atom. The van der Waals surface area contributed by atoms with E-state index in [1.807, 2.05) is 6.92 Å². The summed E-state index contributed by atoms with van der Waals surface area (Å²) < 4.78 is 14.0. The fourth-order valence-electron chi connectivity index (χ4n) is 1.01. The number of halogens is 2. The molecule has 0 aliphatic carbocycles. The van der Waals surface area contributed by atoms with Gasteiger partial charge in [-0.05, 0) is 19.1 Å². The number of benzene rings is 1. The minimum absolute atomic E-state index is 0.0157. The predicted octanol–water partition coefficient (Wildman–Crippen LogP) is 2.06. The molecule has 0 saturated heterocycles. The molecule has 0 heterocycles. The molecular formula is C10H13BrFNO. The van der Waals surface area contributed by atoms with Crippen molar-refractivity contribution >= 4 is 15.9 Å². The van der Waals surface area contributed by atoms with Gasteiger partial charge in [0.2, 0.25) is 0 Å². The van der Waals surface area contributed by atoms with E-state index < -0.39 is 0 Å². The Bertz CT molecular complexity index is 306. The van der Waals surface area contributed by atoms with Crippen LogP contribution in [0.3, 0.4) is 0 Å². The Hall–Kier alpha value is -0.450. The third kappa shape index (κ3) is 3.36. The Balaban J connectivity index is 2.59. The normalized spacial score (nSPS) is 12.9. The van der Waals surface area contributed by atoms with Crippen LogP contribution >= 0.6 is 15.9 Å². The Labute approximate surface area is 91.3 Å². The smallest absolute Gasteiger partial charge is 0.128 e. The molecule has 1 atom stereocenters. The van der Waals surface area contributed by atoms with E-state index in [0.29, 0.717) is 12.1 Å². The summed E-state index contributed by atoms with van der Waals surface area (Å²) in [4.78, 5) is 0. The Kier molecular flexibility index (Phi) is 4.51. The third-order valence-electron chi connectivity index (χ3n) is 1.93. The van der Waals surface area contributed by atoms with E-state index in [-0.39, 0.29) is 18.5 Å². The first-order chi connectivity index (χ1) is 6.63. The maximum atomic E-state index is 13.3. The van der Waals surface area contributed by atoms with Crippen LogP contribution in [-0.2, 0) is 6.54 Å². The van der Waals surface area contributed by atoms with Gasteiger partial charge in [0.05, 0.1) is 6.61 Å². The monoisotopic (exact) mass is 261 g/mol. The highest BCUT2D eigenvalue weighted by molar-refractivity contribution is 9.10. The lowest BCUT2D eigenvalue weighted by Gasteiger charge is -2.11. The highest BCUT2D eigenvalue weighted by Gasteiger charge is 2.04. The van der Waals surface area contributed by atoms with Crippen molar-refractivity contribution in [3.05, 3.63) is 34.1 Å². The van der Waals surface area contributed by atoms with Crippen LogP contribution in [0.5, 0.6) is 0 Å². The van der Waals surface area contributed by atoms with Gasteiger partial charge in [-0.3, -0.25) is 0 Å². The zero-order valence-electron chi connectivity index (χ0n) is 7.93. The van der Waals surface area contributed by atoms with Gasteiger partial charge in [-0.1, -0.05) is 22.0 Å². The van der Waals surface area contributed by atoms with Gasteiger partial charge in [-0.25, -0.2) is 4.39 Å². The predicted molar refractivity (Wildman–Crippen MR) is 57.5 cm³/mol. The molecule has 2 N–H and O–H groups in total. The average Bonchev–Trinajstić information content (AvgIpc) is 2.16. The van der Waals surface area contributed by atoms with Gasteiger partial charge in [0, 0.05) is 22.6 Å². The van der Waals surface area contributed by atoms with Gasteiger partial charge in [-0.15, -0.1) is 0 Å². The molecule has 1 aromatic rings. The first-order valence-electron chi connectivity index (χ1n) is 4.41. The van der Waals surface area contributed by atoms with Crippen LogP contribution in [0.15, 0.2) is 22.7 Å². The Morgan fingerprint density at radius 3 is 2.86 bits per heavy atom. The van der Waals surface area contributed by atoms with Gasteiger partial charge in [-0.2, -0.15) is 0 Å². The molecule has 0 spiro atoms. The van der Waals surface area contributed by atoms with Gasteiger partial charge in [0.1, 0.15) is 5.82 Å². The molecule has 78 valence electrons. The minimum atomic E-state index is -0.239. The van der Waals surface area contributed by atoms with E-state index >= 15 is 0 Å². The quantitative estimate of drug-likeness (QED) is 0.870. The average molecular weight is 262 g/mol. The second kappa shape index (κ2) is 5.44. The number of nitrogens with one attached hydrogen (secondary N) is 1. The first kappa shape index (κ1) is 11.6. The van der Waals surface area contributed by atoms with Gasteiger partial charge < -0.3 is 10.4 Å². The lowest BCUT2D eigenvalue weighted by molar-refractivity contribution is 0.250. The van der Waals surface area contributed by atoms with Crippen molar-refractivity contribution < 1.29 is 9.50 Å². The number of hydrogen-bond acceptors (Lipinski definition) is 2. The molecular weight excluding hydrogens is 249 g/mol. The van der Waals surface area contributed by atoms with E-state index in [1.165, 1.54) is 6.07 Å². The second-order valence-corrected chi connectivity index (χ2v) is 4.12. The van der Waals surface area contributed by atoms with Crippen molar-refractivity contribution in [3.63, 3.8) is 0 Å². The van der Waals surface area contributed by atoms with E-state index in [1.54, 1.807) is 12.1 Å². The number of hydrogen-bond donors (Lipinski definition) is 2. The molecule has 0 aliphatic heterocycles. The van der Waals surface area contributed by atoms with Crippen molar-refractivity contribution in [1.82, 2.24) is 5.32 Å². The summed E-state index contributed by atoms with van der Waals surface area (Å²) in [7, 11) is 0. The summed E-state index contributed by atoms with van der Waals surface area (Å²) in [6, 6.07) is 4.93. The zero-order chi connectivity index (χ0) is 10.6. The van der Waals surface area contributed by atoms with Crippen LogP contribution in [0.4, 0.5) is 4.39 Å². The molecule has 1 rings (SSSR count). The van der Waals surface area contributed by atoms with E-state index in [4.69, 9.17) is 5.11 Å². The second-order valence-electron chi connectivity index (χ2n) is 3.20. The SMILES string of the molecule is C[C@@H](CO)NCc1ccc(Br)cc1F.